The molecule has 0 aliphatic heterocycles. The van der Waals surface area contributed by atoms with Crippen molar-refractivity contribution in [2.45, 2.75) is 51.3 Å². The van der Waals surface area contributed by atoms with Gasteiger partial charge in [-0.3, -0.25) is 0 Å². The van der Waals surface area contributed by atoms with E-state index in [2.05, 4.69) is 70.8 Å². The molecule has 0 saturated carbocycles. The Labute approximate surface area is 139 Å². The van der Waals surface area contributed by atoms with Crippen LogP contribution in [0.1, 0.15) is 46.5 Å². The Morgan fingerprint density at radius 2 is 1.79 bits per heavy atom. The summed E-state index contributed by atoms with van der Waals surface area (Å²) >= 11 is 9.10. The monoisotopic (exact) mass is 406 g/mol. The zero-order valence-electron chi connectivity index (χ0n) is 12.1. The van der Waals surface area contributed by atoms with E-state index >= 15 is 0 Å². The van der Waals surface area contributed by atoms with E-state index in [1.165, 1.54) is 40.8 Å². The molecule has 19 heavy (non-hydrogen) atoms. The molecule has 0 N–H and O–H groups in total. The van der Waals surface area contributed by atoms with Crippen LogP contribution in [0.4, 0.5) is 0 Å². The van der Waals surface area contributed by atoms with Crippen LogP contribution in [0.3, 0.4) is 0 Å². The zero-order valence-corrected chi connectivity index (χ0v) is 16.1. The van der Waals surface area contributed by atoms with Crippen LogP contribution < -0.4 is 0 Å². The predicted molar refractivity (Wildman–Crippen MR) is 95.0 cm³/mol. The summed E-state index contributed by atoms with van der Waals surface area (Å²) < 4.78 is 2.36. The third-order valence-corrected chi connectivity index (χ3v) is 5.78. The molecule has 0 bridgehead atoms. The Hall–Kier alpha value is 0.530. The lowest BCUT2D eigenvalue weighted by atomic mass is 9.98. The Balaban J connectivity index is 2.24. The van der Waals surface area contributed by atoms with Crippen molar-refractivity contribution < 1.29 is 0 Å². The second-order valence-corrected chi connectivity index (χ2v) is 8.55. The van der Waals surface area contributed by atoms with Gasteiger partial charge in [0, 0.05) is 13.8 Å². The maximum Gasteiger partial charge on any atom is 0.0312 e. The first-order valence-electron chi connectivity index (χ1n) is 7.07. The fraction of sp³-hybridized carbons (Fsp3) is 0.625. The van der Waals surface area contributed by atoms with E-state index in [-0.39, 0.29) is 0 Å². The SMILES string of the molecule is CC(C)CCC[C@H](C)CCSc1cc(Br)ccc1Br. The average Bonchev–Trinajstić information content (AvgIpc) is 2.33. The molecule has 0 aromatic heterocycles. The molecule has 0 nitrogen and oxygen atoms in total. The van der Waals surface area contributed by atoms with Crippen molar-refractivity contribution in [1.82, 2.24) is 0 Å². The molecule has 1 rings (SSSR count). The van der Waals surface area contributed by atoms with Crippen molar-refractivity contribution in [1.29, 1.82) is 0 Å². The predicted octanol–water partition coefficient (Wildman–Crippen LogP) is 7.16. The molecular formula is C16H24Br2S. The number of hydrogen-bond donors (Lipinski definition) is 0. The zero-order chi connectivity index (χ0) is 14.3. The largest absolute Gasteiger partial charge is 0.125 e. The maximum atomic E-state index is 3.61. The van der Waals surface area contributed by atoms with Crippen LogP contribution in [0.15, 0.2) is 32.0 Å². The van der Waals surface area contributed by atoms with Gasteiger partial charge in [-0.15, -0.1) is 11.8 Å². The van der Waals surface area contributed by atoms with Gasteiger partial charge in [0.1, 0.15) is 0 Å². The number of halogens is 2. The van der Waals surface area contributed by atoms with Gasteiger partial charge in [0.2, 0.25) is 0 Å². The molecule has 0 amide bonds. The molecule has 0 aliphatic carbocycles. The normalized spacial score (nSPS) is 12.9. The van der Waals surface area contributed by atoms with Crippen LogP contribution in [0.25, 0.3) is 0 Å². The first-order valence-corrected chi connectivity index (χ1v) is 9.64. The van der Waals surface area contributed by atoms with Gasteiger partial charge in [0.05, 0.1) is 0 Å². The summed E-state index contributed by atoms with van der Waals surface area (Å²) in [5, 5.41) is 0. The van der Waals surface area contributed by atoms with Crippen LogP contribution in [-0.4, -0.2) is 5.75 Å². The van der Waals surface area contributed by atoms with Crippen molar-refractivity contribution in [2.24, 2.45) is 11.8 Å². The maximum absolute atomic E-state index is 3.61. The van der Waals surface area contributed by atoms with Gasteiger partial charge >= 0.3 is 0 Å². The summed E-state index contributed by atoms with van der Waals surface area (Å²) in [6.45, 7) is 7.01. The molecule has 0 spiro atoms. The number of thioether (sulfide) groups is 1. The first-order chi connectivity index (χ1) is 8.99. The smallest absolute Gasteiger partial charge is 0.0312 e. The van der Waals surface area contributed by atoms with Crippen molar-refractivity contribution in [2.75, 3.05) is 5.75 Å². The molecule has 1 aromatic rings. The van der Waals surface area contributed by atoms with Gasteiger partial charge in [0.25, 0.3) is 0 Å². The van der Waals surface area contributed by atoms with Crippen molar-refractivity contribution >= 4 is 43.6 Å². The molecule has 0 unspecified atom stereocenters. The van der Waals surface area contributed by atoms with E-state index in [9.17, 15) is 0 Å². The van der Waals surface area contributed by atoms with E-state index < -0.39 is 0 Å². The van der Waals surface area contributed by atoms with E-state index in [0.717, 1.165) is 16.3 Å². The average molecular weight is 408 g/mol. The van der Waals surface area contributed by atoms with Gasteiger partial charge in [0.15, 0.2) is 0 Å². The molecule has 1 atom stereocenters. The van der Waals surface area contributed by atoms with Crippen LogP contribution in [-0.2, 0) is 0 Å². The number of rotatable bonds is 8. The van der Waals surface area contributed by atoms with E-state index in [1.807, 2.05) is 11.8 Å². The van der Waals surface area contributed by atoms with Crippen molar-refractivity contribution in [3.05, 3.63) is 27.1 Å². The minimum atomic E-state index is 0.845. The highest BCUT2D eigenvalue weighted by molar-refractivity contribution is 9.11. The Morgan fingerprint density at radius 1 is 1.05 bits per heavy atom. The van der Waals surface area contributed by atoms with Gasteiger partial charge in [-0.05, 0) is 58.1 Å². The summed E-state index contributed by atoms with van der Waals surface area (Å²) in [5.41, 5.74) is 0. The van der Waals surface area contributed by atoms with E-state index in [4.69, 9.17) is 0 Å². The van der Waals surface area contributed by atoms with Crippen molar-refractivity contribution in [3.8, 4) is 0 Å². The van der Waals surface area contributed by atoms with Gasteiger partial charge < -0.3 is 0 Å². The molecule has 108 valence electrons. The summed E-state index contributed by atoms with van der Waals surface area (Å²) in [7, 11) is 0. The molecule has 0 heterocycles. The molecule has 0 saturated heterocycles. The Bertz CT molecular complexity index is 377. The highest BCUT2D eigenvalue weighted by atomic mass is 79.9. The summed E-state index contributed by atoms with van der Waals surface area (Å²) in [4.78, 5) is 1.34. The van der Waals surface area contributed by atoms with Crippen LogP contribution in [0, 0.1) is 11.8 Å². The van der Waals surface area contributed by atoms with Crippen LogP contribution >= 0.6 is 43.6 Å². The Kier molecular flexibility index (Phi) is 8.76. The molecule has 0 fully saturated rings. The lowest BCUT2D eigenvalue weighted by Crippen LogP contribution is -1.98. The molecule has 1 aromatic carbocycles. The molecular weight excluding hydrogens is 384 g/mol. The third kappa shape index (κ3) is 7.77. The molecule has 0 aliphatic rings. The fourth-order valence-corrected chi connectivity index (χ4v) is 4.24. The lowest BCUT2D eigenvalue weighted by Gasteiger charge is -2.12. The second-order valence-electron chi connectivity index (χ2n) is 5.64. The van der Waals surface area contributed by atoms with Gasteiger partial charge in [-0.2, -0.15) is 0 Å². The highest BCUT2D eigenvalue weighted by Crippen LogP contribution is 2.31. The standard InChI is InChI=1S/C16H24Br2S/c1-12(2)5-4-6-13(3)9-10-19-16-11-14(17)7-8-15(16)18/h7-8,11-13H,4-6,9-10H2,1-3H3/t13-/m0/s1. The summed E-state index contributed by atoms with van der Waals surface area (Å²) in [5.74, 6) is 2.90. The van der Waals surface area contributed by atoms with E-state index in [1.54, 1.807) is 0 Å². The van der Waals surface area contributed by atoms with Crippen LogP contribution in [0.2, 0.25) is 0 Å². The van der Waals surface area contributed by atoms with Crippen LogP contribution in [0.5, 0.6) is 0 Å². The lowest BCUT2D eigenvalue weighted by molar-refractivity contribution is 0.451. The summed E-state index contributed by atoms with van der Waals surface area (Å²) in [6.07, 6.45) is 5.43. The fourth-order valence-electron chi connectivity index (χ4n) is 1.98. The highest BCUT2D eigenvalue weighted by Gasteiger charge is 2.06. The molecule has 0 radical (unpaired) electrons. The number of benzene rings is 1. The topological polar surface area (TPSA) is 0 Å². The van der Waals surface area contributed by atoms with Gasteiger partial charge in [-0.1, -0.05) is 56.0 Å². The summed E-state index contributed by atoms with van der Waals surface area (Å²) in [6, 6.07) is 6.37. The quantitative estimate of drug-likeness (QED) is 0.412. The minimum Gasteiger partial charge on any atom is -0.125 e. The second kappa shape index (κ2) is 9.46. The van der Waals surface area contributed by atoms with Crippen molar-refractivity contribution in [3.63, 3.8) is 0 Å². The Morgan fingerprint density at radius 3 is 2.47 bits per heavy atom. The molecule has 3 heteroatoms. The third-order valence-electron chi connectivity index (χ3n) is 3.24. The minimum absolute atomic E-state index is 0.845. The first kappa shape index (κ1) is 17.6. The van der Waals surface area contributed by atoms with Gasteiger partial charge in [-0.25, -0.2) is 0 Å². The van der Waals surface area contributed by atoms with E-state index in [0.29, 0.717) is 0 Å². The number of hydrogen-bond acceptors (Lipinski definition) is 1.